The number of quaternary nitrogens is 1. The largest absolute Gasteiger partial charge is 0 e. The summed E-state index contributed by atoms with van der Waals surface area (Å²) in [6.45, 7) is 18.6. The third-order valence-electron chi connectivity index (χ3n) is 3.82. The molecular formula is C27H62BI6N4O4V3. The van der Waals surface area contributed by atoms with Gasteiger partial charge in [0.2, 0.25) is 18.2 Å². The third kappa shape index (κ3) is 162. The van der Waals surface area contributed by atoms with Crippen LogP contribution < -0.4 is 21.7 Å². The van der Waals surface area contributed by atoms with Crippen LogP contribution in [-0.2, 0) is 47.6 Å². The van der Waals surface area contributed by atoms with E-state index >= 15 is 0 Å². The van der Waals surface area contributed by atoms with Crippen molar-refractivity contribution in [3.05, 3.63) is 7.43 Å². The molecule has 3 amide bonds. The first-order chi connectivity index (χ1) is 19.7. The Kier molecular flexibility index (Phi) is 128. The van der Waals surface area contributed by atoms with Gasteiger partial charge in [-0.1, -0.05) is 67.2 Å². The summed E-state index contributed by atoms with van der Waals surface area (Å²) >= 11 is 14.8. The first-order valence-corrected chi connectivity index (χ1v) is 41.3. The Hall–Kier alpha value is 4.24. The smallest absolute Gasteiger partial charge is 0 e. The summed E-state index contributed by atoms with van der Waals surface area (Å²) in [4.78, 5) is 40.5. The van der Waals surface area contributed by atoms with E-state index in [1.807, 2.05) is 20.8 Å². The number of halogens is 6. The summed E-state index contributed by atoms with van der Waals surface area (Å²) in [6, 6.07) is 0. The van der Waals surface area contributed by atoms with Crippen molar-refractivity contribution in [1.82, 2.24) is 16.0 Å². The van der Waals surface area contributed by atoms with Gasteiger partial charge < -0.3 is 29.1 Å². The molecule has 0 aromatic rings. The van der Waals surface area contributed by atoms with Gasteiger partial charge in [0, 0.05) is 73.3 Å². The minimum Gasteiger partial charge on any atom is 0 e. The van der Waals surface area contributed by atoms with Crippen molar-refractivity contribution in [2.75, 3.05) is 26.2 Å². The number of Topliss-reactive ketones (excluding diaryl/α,β-unsaturated/α-hetero) is 1. The number of nitrogens with one attached hydrogen (secondary N) is 3. The Morgan fingerprint density at radius 3 is 1.31 bits per heavy atom. The molecule has 4 radical (unpaired) electrons. The zero-order valence-electron chi connectivity index (χ0n) is 29.0. The molecule has 274 valence electrons. The van der Waals surface area contributed by atoms with Gasteiger partial charge in [-0.05, 0) is 25.7 Å². The van der Waals surface area contributed by atoms with Crippen LogP contribution in [0.1, 0.15) is 120 Å². The molecule has 0 atom stereocenters. The molecule has 18 heteroatoms. The van der Waals surface area contributed by atoms with Crippen LogP contribution in [0.4, 0.5) is 0 Å². The number of carbonyl (C=O) groups is 4. The van der Waals surface area contributed by atoms with Crippen molar-refractivity contribution < 1.29 is 53.3 Å². The molecule has 0 unspecified atom stereocenters. The number of unbranched alkanes of at least 4 members (excludes halogenated alkanes) is 4. The Bertz CT molecular complexity index is 531. The van der Waals surface area contributed by atoms with Crippen LogP contribution in [-0.4, -0.2) is 58.6 Å². The second-order valence-electron chi connectivity index (χ2n) is 7.73. The standard InChI is InChI=1S/C8H15NO2.C7H15NO.C5H11NO.C4H11N.C2H6.CH3.B.6HI.3V/c1-3-4-8(11)5-6-9-7(2)10;1-3-4-5-6-8-7(2)9;1-2-3-4-6-5-7;1-2-3-4-5;1-2;;;;;;;;;;;/h3-6H2,1-2H3,(H,9,10);3-6H2,1-2H3,(H,8,9);5H,2-4H2,1H3,(H,6,7);2-5H2,1H3;1-2H3;1H3;;6*1H;;;/q;;;;;-1;;;;;;;;;2*+3/p-5. The molecule has 8 nitrogen and oxygen atoms in total. The van der Waals surface area contributed by atoms with Gasteiger partial charge in [-0.15, -0.1) is 0 Å². The molecule has 0 heterocycles. The predicted octanol–water partition coefficient (Wildman–Crippen LogP) is 9.16. The van der Waals surface area contributed by atoms with Crippen LogP contribution in [0.15, 0.2) is 0 Å². The Labute approximate surface area is 368 Å². The minimum absolute atomic E-state index is 0. The van der Waals surface area contributed by atoms with E-state index in [-0.39, 0.29) is 61.8 Å². The zero-order chi connectivity index (χ0) is 34.6. The van der Waals surface area contributed by atoms with E-state index in [0.717, 1.165) is 51.7 Å². The summed E-state index contributed by atoms with van der Waals surface area (Å²) in [5, 5.41) is 7.89. The van der Waals surface area contributed by atoms with E-state index in [0.29, 0.717) is 19.4 Å². The van der Waals surface area contributed by atoms with Crippen molar-refractivity contribution in [2.45, 2.75) is 120 Å². The van der Waals surface area contributed by atoms with Crippen LogP contribution >= 0.6 is 120 Å². The number of hydrogen-bond acceptors (Lipinski definition) is 4. The Morgan fingerprint density at radius 2 is 1.04 bits per heavy atom. The van der Waals surface area contributed by atoms with Gasteiger partial charge in [0.25, 0.3) is 0 Å². The van der Waals surface area contributed by atoms with Crippen molar-refractivity contribution in [3.8, 4) is 0 Å². The van der Waals surface area contributed by atoms with Gasteiger partial charge in [-0.3, -0.25) is 19.2 Å². The van der Waals surface area contributed by atoms with Crippen LogP contribution in [0.5, 0.6) is 0 Å². The van der Waals surface area contributed by atoms with E-state index in [4.69, 9.17) is 0 Å². The third-order valence-corrected chi connectivity index (χ3v) is 3.82. The first kappa shape index (κ1) is 74.4. The number of rotatable bonds is 15. The number of carbonyl (C=O) groups excluding carboxylic acids is 4. The summed E-state index contributed by atoms with van der Waals surface area (Å²) < 4.78 is 0. The molecule has 0 spiro atoms. The summed E-state index contributed by atoms with van der Waals surface area (Å²) in [6.07, 6.45) is 11.0. The zero-order valence-corrected chi connectivity index (χ0v) is 46.1. The van der Waals surface area contributed by atoms with E-state index in [1.165, 1.54) is 32.6 Å². The molecule has 45 heavy (non-hydrogen) atoms. The number of ketones is 1. The van der Waals surface area contributed by atoms with Gasteiger partial charge in [-0.25, -0.2) is 0 Å². The van der Waals surface area contributed by atoms with Crippen molar-refractivity contribution in [2.24, 2.45) is 0 Å². The summed E-state index contributed by atoms with van der Waals surface area (Å²) in [5.74, 6) is 0.224. The van der Waals surface area contributed by atoms with Crippen molar-refractivity contribution >= 4 is 152 Å². The molecule has 0 bridgehead atoms. The van der Waals surface area contributed by atoms with Gasteiger partial charge in [-0.2, -0.15) is 0 Å². The predicted molar refractivity (Wildman–Crippen MR) is 241 cm³/mol. The average Bonchev–Trinajstić information content (AvgIpc) is 2.89. The first-order valence-electron chi connectivity index (χ1n) is 14.2. The molecule has 0 aliphatic heterocycles. The molecular weight excluding hydrogens is 1370 g/mol. The quantitative estimate of drug-likeness (QED) is 0.0429. The average molecular weight is 1430 g/mol. The molecule has 0 saturated heterocycles. The van der Waals surface area contributed by atoms with Gasteiger partial charge in [0.05, 0.1) is 6.54 Å². The second kappa shape index (κ2) is 77.6. The van der Waals surface area contributed by atoms with Crippen molar-refractivity contribution in [3.63, 3.8) is 0 Å². The molecule has 0 saturated carbocycles. The molecule has 0 aliphatic carbocycles. The number of amides is 3. The monoisotopic (exact) mass is 1430 g/mol. The fourth-order valence-electron chi connectivity index (χ4n) is 2.01. The SMILES string of the molecule is CC.CCCC(=O)CCNC(C)=O.CCCCCNC(C)=O.CCCCNC=O.CCCC[NH3+].[B].[CH3-].[I][V]([I])[I].[I][V]([I])[I].[V]. The van der Waals surface area contributed by atoms with E-state index in [1.54, 1.807) is 6.92 Å². The fraction of sp³-hybridized carbons (Fsp3) is 0.815. The molecule has 0 rings (SSSR count). The van der Waals surface area contributed by atoms with Crippen molar-refractivity contribution in [1.29, 1.82) is 0 Å². The molecule has 0 aliphatic rings. The molecule has 6 N–H and O–H groups in total. The normalized spacial score (nSPS) is 8.02. The molecule has 0 fully saturated rings. The van der Waals surface area contributed by atoms with Gasteiger partial charge in [0.15, 0.2) is 0 Å². The fourth-order valence-corrected chi connectivity index (χ4v) is 2.01. The van der Waals surface area contributed by atoms with E-state index in [9.17, 15) is 19.2 Å². The maximum Gasteiger partial charge on any atom is 0 e. The van der Waals surface area contributed by atoms with Gasteiger partial charge >= 0.3 is 130 Å². The van der Waals surface area contributed by atoms with Gasteiger partial charge in [0.1, 0.15) is 5.78 Å². The molecule has 0 aromatic heterocycles. The van der Waals surface area contributed by atoms with Crippen LogP contribution in [0, 0.1) is 7.43 Å². The van der Waals surface area contributed by atoms with Crippen LogP contribution in [0.2, 0.25) is 0 Å². The maximum atomic E-state index is 10.9. The number of hydrogen-bond donors (Lipinski definition) is 4. The Morgan fingerprint density at radius 1 is 0.667 bits per heavy atom. The topological polar surface area (TPSA) is 132 Å². The minimum atomic E-state index is -0.278. The maximum absolute atomic E-state index is 10.9. The van der Waals surface area contributed by atoms with Crippen LogP contribution in [0.3, 0.4) is 0 Å². The molecule has 0 aromatic carbocycles. The van der Waals surface area contributed by atoms with E-state index < -0.39 is 0 Å². The summed E-state index contributed by atoms with van der Waals surface area (Å²) in [5.41, 5.74) is 3.68. The van der Waals surface area contributed by atoms with Crippen LogP contribution in [0.25, 0.3) is 0 Å². The summed E-state index contributed by atoms with van der Waals surface area (Å²) in [7, 11) is 0. The second-order valence-corrected chi connectivity index (χ2v) is 78.5. The van der Waals surface area contributed by atoms with E-state index in [2.05, 4.69) is 162 Å². The Balaban J connectivity index is -0.0000000413.